The fourth-order valence-corrected chi connectivity index (χ4v) is 2.91. The van der Waals surface area contributed by atoms with Crippen molar-refractivity contribution < 1.29 is 18.7 Å². The Bertz CT molecular complexity index is 967. The van der Waals surface area contributed by atoms with E-state index in [1.807, 2.05) is 18.4 Å². The lowest BCUT2D eigenvalue weighted by atomic mass is 10.1. The molecule has 0 bridgehead atoms. The summed E-state index contributed by atoms with van der Waals surface area (Å²) in [6, 6.07) is 8.53. The van der Waals surface area contributed by atoms with Gasteiger partial charge in [-0.3, -0.25) is 4.79 Å². The number of benzene rings is 1. The maximum Gasteiger partial charge on any atom is 0.338 e. The third-order valence-corrected chi connectivity index (χ3v) is 4.36. The first-order valence-corrected chi connectivity index (χ1v) is 8.48. The van der Waals surface area contributed by atoms with Crippen LogP contribution in [-0.2, 0) is 11.3 Å². The SMILES string of the molecule is C=CCn1c(C)cc(C(=O)COC(=O)c2ccc(-c3cnco3)cc2)c1C. The molecule has 0 radical (unpaired) electrons. The van der Waals surface area contributed by atoms with E-state index in [2.05, 4.69) is 11.6 Å². The number of oxazole rings is 1. The van der Waals surface area contributed by atoms with E-state index < -0.39 is 5.97 Å². The molecule has 6 nitrogen and oxygen atoms in total. The highest BCUT2D eigenvalue weighted by Gasteiger charge is 2.17. The molecular weight excluding hydrogens is 344 g/mol. The maximum absolute atomic E-state index is 12.4. The number of carbonyl (C=O) groups is 2. The highest BCUT2D eigenvalue weighted by Crippen LogP contribution is 2.20. The van der Waals surface area contributed by atoms with Crippen molar-refractivity contribution in [3.05, 3.63) is 78.1 Å². The summed E-state index contributed by atoms with van der Waals surface area (Å²) in [5.74, 6) is -0.169. The topological polar surface area (TPSA) is 74.3 Å². The number of hydrogen-bond acceptors (Lipinski definition) is 5. The smallest absolute Gasteiger partial charge is 0.338 e. The number of ketones is 1. The number of aryl methyl sites for hydroxylation is 1. The number of nitrogens with zero attached hydrogens (tertiary/aromatic N) is 2. The van der Waals surface area contributed by atoms with E-state index in [0.29, 0.717) is 23.4 Å². The third kappa shape index (κ3) is 3.89. The van der Waals surface area contributed by atoms with Gasteiger partial charge in [0.2, 0.25) is 5.78 Å². The average molecular weight is 364 g/mol. The van der Waals surface area contributed by atoms with E-state index in [-0.39, 0.29) is 12.4 Å². The van der Waals surface area contributed by atoms with Crippen molar-refractivity contribution in [1.29, 1.82) is 0 Å². The first-order valence-electron chi connectivity index (χ1n) is 8.48. The zero-order chi connectivity index (χ0) is 19.4. The second kappa shape index (κ2) is 7.86. The zero-order valence-electron chi connectivity index (χ0n) is 15.3. The molecule has 0 unspecified atom stereocenters. The molecule has 3 rings (SSSR count). The Morgan fingerprint density at radius 2 is 2.00 bits per heavy atom. The van der Waals surface area contributed by atoms with Crippen LogP contribution in [0.2, 0.25) is 0 Å². The van der Waals surface area contributed by atoms with E-state index in [9.17, 15) is 9.59 Å². The molecule has 138 valence electrons. The maximum atomic E-state index is 12.4. The highest BCUT2D eigenvalue weighted by molar-refractivity contribution is 6.00. The largest absolute Gasteiger partial charge is 0.454 e. The molecule has 2 aromatic heterocycles. The van der Waals surface area contributed by atoms with Gasteiger partial charge in [0.25, 0.3) is 0 Å². The molecule has 1 aromatic carbocycles. The van der Waals surface area contributed by atoms with Crippen LogP contribution in [0, 0.1) is 13.8 Å². The minimum absolute atomic E-state index is 0.231. The van der Waals surface area contributed by atoms with Crippen LogP contribution in [0.1, 0.15) is 32.1 Å². The normalized spacial score (nSPS) is 10.6. The minimum Gasteiger partial charge on any atom is -0.454 e. The first-order chi connectivity index (χ1) is 13.0. The lowest BCUT2D eigenvalue weighted by molar-refractivity contribution is 0.0474. The van der Waals surface area contributed by atoms with Gasteiger partial charge >= 0.3 is 5.97 Å². The second-order valence-electron chi connectivity index (χ2n) is 6.13. The molecule has 0 fully saturated rings. The molecule has 3 aromatic rings. The molecule has 0 saturated heterocycles. The van der Waals surface area contributed by atoms with E-state index in [0.717, 1.165) is 17.0 Å². The Labute approximate surface area is 157 Å². The molecule has 0 N–H and O–H groups in total. The van der Waals surface area contributed by atoms with Crippen molar-refractivity contribution in [3.8, 4) is 11.3 Å². The van der Waals surface area contributed by atoms with E-state index in [1.54, 1.807) is 42.6 Å². The monoisotopic (exact) mass is 364 g/mol. The molecule has 0 spiro atoms. The van der Waals surface area contributed by atoms with Gasteiger partial charge in [0.1, 0.15) is 0 Å². The van der Waals surface area contributed by atoms with Crippen molar-refractivity contribution in [2.75, 3.05) is 6.61 Å². The van der Waals surface area contributed by atoms with Gasteiger partial charge in [-0.05, 0) is 32.0 Å². The van der Waals surface area contributed by atoms with Gasteiger partial charge in [0.15, 0.2) is 18.8 Å². The molecule has 6 heteroatoms. The average Bonchev–Trinajstić information content (AvgIpc) is 3.30. The third-order valence-electron chi connectivity index (χ3n) is 4.36. The van der Waals surface area contributed by atoms with E-state index in [1.165, 1.54) is 6.39 Å². The van der Waals surface area contributed by atoms with Gasteiger partial charge in [0, 0.05) is 29.1 Å². The molecular formula is C21H20N2O4. The Balaban J connectivity index is 1.64. The Hall–Kier alpha value is -3.41. The van der Waals surface area contributed by atoms with Crippen LogP contribution in [0.5, 0.6) is 0 Å². The summed E-state index contributed by atoms with van der Waals surface area (Å²) < 4.78 is 12.4. The van der Waals surface area contributed by atoms with Crippen molar-refractivity contribution in [2.45, 2.75) is 20.4 Å². The fraction of sp³-hybridized carbons (Fsp3) is 0.190. The molecule has 2 heterocycles. The number of allylic oxidation sites excluding steroid dienone is 1. The first kappa shape index (κ1) is 18.4. The number of hydrogen-bond donors (Lipinski definition) is 0. The van der Waals surface area contributed by atoms with Crippen molar-refractivity contribution >= 4 is 11.8 Å². The number of carbonyl (C=O) groups excluding carboxylic acids is 2. The van der Waals surface area contributed by atoms with Crippen LogP contribution in [0.25, 0.3) is 11.3 Å². The summed E-state index contributed by atoms with van der Waals surface area (Å²) in [5.41, 5.74) is 3.52. The van der Waals surface area contributed by atoms with E-state index in [4.69, 9.17) is 9.15 Å². The highest BCUT2D eigenvalue weighted by atomic mass is 16.5. The number of aromatic nitrogens is 2. The van der Waals surface area contributed by atoms with Crippen LogP contribution in [-0.4, -0.2) is 27.9 Å². The summed E-state index contributed by atoms with van der Waals surface area (Å²) in [5, 5.41) is 0. The summed E-state index contributed by atoms with van der Waals surface area (Å²) >= 11 is 0. The molecule has 0 amide bonds. The van der Waals surface area contributed by atoms with Crippen LogP contribution in [0.4, 0.5) is 0 Å². The number of esters is 1. The van der Waals surface area contributed by atoms with Crippen molar-refractivity contribution in [3.63, 3.8) is 0 Å². The molecule has 0 saturated carbocycles. The van der Waals surface area contributed by atoms with Gasteiger partial charge < -0.3 is 13.7 Å². The van der Waals surface area contributed by atoms with Gasteiger partial charge in [-0.1, -0.05) is 18.2 Å². The Morgan fingerprint density at radius 3 is 2.63 bits per heavy atom. The number of ether oxygens (including phenoxy) is 1. The molecule has 0 aliphatic heterocycles. The summed E-state index contributed by atoms with van der Waals surface area (Å²) in [7, 11) is 0. The lowest BCUT2D eigenvalue weighted by Crippen LogP contribution is -2.15. The molecule has 0 aliphatic rings. The van der Waals surface area contributed by atoms with Crippen molar-refractivity contribution in [1.82, 2.24) is 9.55 Å². The summed E-state index contributed by atoms with van der Waals surface area (Å²) in [4.78, 5) is 28.5. The summed E-state index contributed by atoms with van der Waals surface area (Å²) in [6.07, 6.45) is 4.71. The standard InChI is InChI=1S/C21H20N2O4/c1-4-9-23-14(2)10-18(15(23)3)19(24)12-26-21(25)17-7-5-16(6-8-17)20-11-22-13-27-20/h4-8,10-11,13H,1,9,12H2,2-3H3. The van der Waals surface area contributed by atoms with Gasteiger partial charge in [-0.25, -0.2) is 9.78 Å². The Kier molecular flexibility index (Phi) is 5.35. The summed E-state index contributed by atoms with van der Waals surface area (Å²) in [6.45, 7) is 7.84. The molecule has 27 heavy (non-hydrogen) atoms. The Morgan fingerprint density at radius 1 is 1.26 bits per heavy atom. The van der Waals surface area contributed by atoms with Crippen LogP contribution >= 0.6 is 0 Å². The van der Waals surface area contributed by atoms with Crippen LogP contribution < -0.4 is 0 Å². The van der Waals surface area contributed by atoms with Gasteiger partial charge in [-0.2, -0.15) is 0 Å². The second-order valence-corrected chi connectivity index (χ2v) is 6.13. The molecule has 0 atom stereocenters. The predicted molar refractivity (Wildman–Crippen MR) is 101 cm³/mol. The van der Waals surface area contributed by atoms with Gasteiger partial charge in [0.05, 0.1) is 11.8 Å². The number of rotatable bonds is 7. The predicted octanol–water partition coefficient (Wildman–Crippen LogP) is 3.99. The zero-order valence-corrected chi connectivity index (χ0v) is 15.3. The molecule has 0 aliphatic carbocycles. The van der Waals surface area contributed by atoms with Crippen molar-refractivity contribution in [2.24, 2.45) is 0 Å². The van der Waals surface area contributed by atoms with Gasteiger partial charge in [-0.15, -0.1) is 6.58 Å². The van der Waals surface area contributed by atoms with Crippen LogP contribution in [0.15, 0.2) is 60.0 Å². The number of Topliss-reactive ketones (excluding diaryl/α,β-unsaturated/α-hetero) is 1. The lowest BCUT2D eigenvalue weighted by Gasteiger charge is -2.07. The minimum atomic E-state index is -0.549. The quantitative estimate of drug-likeness (QED) is 0.360. The fourth-order valence-electron chi connectivity index (χ4n) is 2.91. The van der Waals surface area contributed by atoms with Crippen LogP contribution in [0.3, 0.4) is 0 Å². The van der Waals surface area contributed by atoms with E-state index >= 15 is 0 Å².